The van der Waals surface area contributed by atoms with E-state index < -0.39 is 18.0 Å². The van der Waals surface area contributed by atoms with Crippen LogP contribution < -0.4 is 15.8 Å². The second-order valence-corrected chi connectivity index (χ2v) is 7.93. The number of methoxy groups -OCH3 is 1. The summed E-state index contributed by atoms with van der Waals surface area (Å²) in [6.07, 6.45) is -1.10. The molecule has 1 atom stereocenters. The molecule has 10 heteroatoms. The zero-order valence-electron chi connectivity index (χ0n) is 15.4. The van der Waals surface area contributed by atoms with Gasteiger partial charge in [0.25, 0.3) is 5.91 Å². The van der Waals surface area contributed by atoms with Crippen molar-refractivity contribution in [3.05, 3.63) is 60.2 Å². The number of rotatable bonds is 8. The number of nitrogen functional groups attached to an aromatic ring is 1. The lowest BCUT2D eigenvalue weighted by Gasteiger charge is -2.18. The maximum absolute atomic E-state index is 12.9. The molecule has 2 aromatic carbocycles. The molecule has 0 fully saturated rings. The third kappa shape index (κ3) is 5.93. The first-order valence-corrected chi connectivity index (χ1v) is 10.3. The van der Waals surface area contributed by atoms with E-state index >= 15 is 0 Å². The number of anilines is 2. The molecule has 3 N–H and O–H groups in total. The monoisotopic (exact) mass is 430 g/mol. The van der Waals surface area contributed by atoms with Crippen LogP contribution >= 0.6 is 23.1 Å². The molecule has 3 aromatic rings. The summed E-state index contributed by atoms with van der Waals surface area (Å²) in [6.45, 7) is 0. The number of carbonyl (C=O) groups excluding carboxylic acids is 2. The van der Waals surface area contributed by atoms with E-state index in [0.717, 1.165) is 11.8 Å². The van der Waals surface area contributed by atoms with E-state index in [1.165, 1.54) is 11.3 Å². The fourth-order valence-electron chi connectivity index (χ4n) is 2.37. The molecule has 1 unspecified atom stereocenters. The number of nitrogens with two attached hydrogens (primary N) is 1. The summed E-state index contributed by atoms with van der Waals surface area (Å²) >= 11 is 2.33. The molecule has 0 saturated heterocycles. The summed E-state index contributed by atoms with van der Waals surface area (Å²) in [4.78, 5) is 25.2. The standard InChI is InChI=1S/C19H18N4O4S2/c1-26-14-9-5-8-13(10-14)21-17(25)16(12-6-3-2-4-7-12)27-15(24)11-28-19-23-22-18(20)29-19/h2-10,16H,11H2,1H3,(H2,20,22)(H,21,25). The van der Waals surface area contributed by atoms with Crippen LogP contribution in [0.1, 0.15) is 11.7 Å². The Bertz CT molecular complexity index is 981. The first-order chi connectivity index (χ1) is 14.0. The third-order valence-corrected chi connectivity index (χ3v) is 5.52. The lowest BCUT2D eigenvalue weighted by molar-refractivity contribution is -0.152. The Hall–Kier alpha value is -3.11. The lowest BCUT2D eigenvalue weighted by Crippen LogP contribution is -2.26. The number of nitrogens with one attached hydrogen (secondary N) is 1. The van der Waals surface area contributed by atoms with Gasteiger partial charge in [-0.25, -0.2) is 0 Å². The molecule has 0 radical (unpaired) electrons. The summed E-state index contributed by atoms with van der Waals surface area (Å²) in [7, 11) is 1.54. The van der Waals surface area contributed by atoms with Crippen LogP contribution in [0.25, 0.3) is 0 Å². The Kier molecular flexibility index (Phi) is 7.04. The minimum Gasteiger partial charge on any atom is -0.497 e. The van der Waals surface area contributed by atoms with Gasteiger partial charge in [-0.05, 0) is 12.1 Å². The number of thioether (sulfide) groups is 1. The zero-order valence-corrected chi connectivity index (χ0v) is 17.0. The van der Waals surface area contributed by atoms with Crippen LogP contribution in [0.3, 0.4) is 0 Å². The first kappa shape index (κ1) is 20.6. The minimum absolute atomic E-state index is 0.0234. The van der Waals surface area contributed by atoms with Crippen LogP contribution in [0.2, 0.25) is 0 Å². The first-order valence-electron chi connectivity index (χ1n) is 8.46. The van der Waals surface area contributed by atoms with Gasteiger partial charge in [0.1, 0.15) is 5.75 Å². The minimum atomic E-state index is -1.10. The van der Waals surface area contributed by atoms with Gasteiger partial charge in [0.15, 0.2) is 4.34 Å². The number of hydrogen-bond donors (Lipinski definition) is 2. The highest BCUT2D eigenvalue weighted by Gasteiger charge is 2.25. The predicted molar refractivity (Wildman–Crippen MR) is 112 cm³/mol. The maximum atomic E-state index is 12.9. The van der Waals surface area contributed by atoms with Gasteiger partial charge in [-0.2, -0.15) is 0 Å². The second-order valence-electron chi connectivity index (χ2n) is 5.70. The summed E-state index contributed by atoms with van der Waals surface area (Å²) in [5.41, 5.74) is 6.62. The van der Waals surface area contributed by atoms with E-state index in [0.29, 0.717) is 26.5 Å². The number of esters is 1. The van der Waals surface area contributed by atoms with Crippen LogP contribution in [0, 0.1) is 0 Å². The molecule has 29 heavy (non-hydrogen) atoms. The molecule has 0 spiro atoms. The van der Waals surface area contributed by atoms with Crippen molar-refractivity contribution in [1.29, 1.82) is 0 Å². The van der Waals surface area contributed by atoms with Crippen molar-refractivity contribution in [3.63, 3.8) is 0 Å². The van der Waals surface area contributed by atoms with Crippen LogP contribution in [0.4, 0.5) is 10.8 Å². The normalized spacial score (nSPS) is 11.5. The van der Waals surface area contributed by atoms with Crippen LogP contribution in [0.5, 0.6) is 5.75 Å². The van der Waals surface area contributed by atoms with Crippen molar-refractivity contribution in [3.8, 4) is 5.75 Å². The van der Waals surface area contributed by atoms with E-state index in [9.17, 15) is 9.59 Å². The Morgan fingerprint density at radius 1 is 1.17 bits per heavy atom. The molecule has 150 valence electrons. The molecule has 1 heterocycles. The maximum Gasteiger partial charge on any atom is 0.317 e. The van der Waals surface area contributed by atoms with E-state index in [2.05, 4.69) is 15.5 Å². The van der Waals surface area contributed by atoms with Gasteiger partial charge in [0.2, 0.25) is 11.2 Å². The van der Waals surface area contributed by atoms with Crippen LogP contribution in [-0.4, -0.2) is 34.9 Å². The third-order valence-electron chi connectivity index (χ3n) is 3.66. The van der Waals surface area contributed by atoms with Gasteiger partial charge in [-0.15, -0.1) is 10.2 Å². The van der Waals surface area contributed by atoms with Crippen molar-refractivity contribution in [2.75, 3.05) is 23.9 Å². The number of benzene rings is 2. The smallest absolute Gasteiger partial charge is 0.317 e. The molecular weight excluding hydrogens is 412 g/mol. The highest BCUT2D eigenvalue weighted by atomic mass is 32.2. The Balaban J connectivity index is 1.70. The van der Waals surface area contributed by atoms with Crippen LogP contribution in [-0.2, 0) is 14.3 Å². The van der Waals surface area contributed by atoms with E-state index in [4.69, 9.17) is 15.2 Å². The van der Waals surface area contributed by atoms with E-state index in [-0.39, 0.29) is 5.75 Å². The predicted octanol–water partition coefficient (Wildman–Crippen LogP) is 3.14. The van der Waals surface area contributed by atoms with Gasteiger partial charge < -0.3 is 20.5 Å². The Morgan fingerprint density at radius 2 is 1.97 bits per heavy atom. The average molecular weight is 431 g/mol. The summed E-state index contributed by atoms with van der Waals surface area (Å²) in [5, 5.41) is 10.6. The number of amides is 1. The average Bonchev–Trinajstić information content (AvgIpc) is 3.16. The van der Waals surface area contributed by atoms with E-state index in [1.807, 2.05) is 6.07 Å². The highest BCUT2D eigenvalue weighted by Crippen LogP contribution is 2.26. The molecule has 0 aliphatic carbocycles. The molecule has 1 amide bonds. The number of aromatic nitrogens is 2. The molecule has 0 aliphatic rings. The Morgan fingerprint density at radius 3 is 2.66 bits per heavy atom. The van der Waals surface area contributed by atoms with Crippen molar-refractivity contribution in [2.45, 2.75) is 10.4 Å². The van der Waals surface area contributed by atoms with E-state index in [1.54, 1.807) is 55.6 Å². The number of ether oxygens (including phenoxy) is 2. The van der Waals surface area contributed by atoms with Crippen molar-refractivity contribution in [1.82, 2.24) is 10.2 Å². The number of hydrogen-bond acceptors (Lipinski definition) is 9. The second kappa shape index (κ2) is 9.89. The molecule has 0 aliphatic heterocycles. The lowest BCUT2D eigenvalue weighted by atomic mass is 10.1. The van der Waals surface area contributed by atoms with Crippen molar-refractivity contribution < 1.29 is 19.1 Å². The fraction of sp³-hybridized carbons (Fsp3) is 0.158. The SMILES string of the molecule is COc1cccc(NC(=O)C(OC(=O)CSc2nnc(N)s2)c2ccccc2)c1. The Labute approximate surface area is 175 Å². The van der Waals surface area contributed by atoms with Gasteiger partial charge >= 0.3 is 5.97 Å². The largest absolute Gasteiger partial charge is 0.497 e. The molecule has 0 bridgehead atoms. The summed E-state index contributed by atoms with van der Waals surface area (Å²) < 4.78 is 11.2. The van der Waals surface area contributed by atoms with Gasteiger partial charge in [0.05, 0.1) is 12.9 Å². The quantitative estimate of drug-likeness (QED) is 0.413. The van der Waals surface area contributed by atoms with Crippen molar-refractivity contribution in [2.24, 2.45) is 0 Å². The van der Waals surface area contributed by atoms with Gasteiger partial charge in [-0.1, -0.05) is 59.5 Å². The fourth-order valence-corrected chi connectivity index (χ4v) is 3.79. The summed E-state index contributed by atoms with van der Waals surface area (Å²) in [6, 6.07) is 15.7. The van der Waals surface area contributed by atoms with Crippen molar-refractivity contribution >= 4 is 45.8 Å². The molecular formula is C19H18N4O4S2. The molecule has 0 saturated carbocycles. The number of carbonyl (C=O) groups is 2. The van der Waals surface area contributed by atoms with Gasteiger partial charge in [-0.3, -0.25) is 9.59 Å². The zero-order chi connectivity index (χ0) is 20.6. The highest BCUT2D eigenvalue weighted by molar-refractivity contribution is 8.01. The van der Waals surface area contributed by atoms with Crippen LogP contribution in [0.15, 0.2) is 58.9 Å². The summed E-state index contributed by atoms with van der Waals surface area (Å²) in [5.74, 6) is -0.449. The molecule has 3 rings (SSSR count). The topological polar surface area (TPSA) is 116 Å². The number of nitrogens with zero attached hydrogens (tertiary/aromatic N) is 2. The molecule has 1 aromatic heterocycles. The van der Waals surface area contributed by atoms with Gasteiger partial charge in [0, 0.05) is 17.3 Å². The molecule has 8 nitrogen and oxygen atoms in total.